The Morgan fingerprint density at radius 2 is 2.12 bits per heavy atom. The molecule has 1 unspecified atom stereocenters. The fourth-order valence-electron chi connectivity index (χ4n) is 2.85. The Morgan fingerprint density at radius 3 is 2.80 bits per heavy atom. The number of halogens is 1. The van der Waals surface area contributed by atoms with E-state index in [2.05, 4.69) is 5.32 Å². The van der Waals surface area contributed by atoms with Crippen LogP contribution in [0, 0.1) is 5.92 Å². The lowest BCUT2D eigenvalue weighted by molar-refractivity contribution is -0.126. The number of benzene rings is 1. The van der Waals surface area contributed by atoms with Gasteiger partial charge in [0, 0.05) is 24.7 Å². The van der Waals surface area contributed by atoms with Gasteiger partial charge in [-0.2, -0.15) is 0 Å². The number of piperidine rings is 1. The second-order valence-electron chi connectivity index (χ2n) is 7.44. The molecule has 1 N–H and O–H groups in total. The lowest BCUT2D eigenvalue weighted by Gasteiger charge is -2.33. The number of hydrogen-bond donors (Lipinski definition) is 1. The van der Waals surface area contributed by atoms with Gasteiger partial charge in [0.2, 0.25) is 5.91 Å². The van der Waals surface area contributed by atoms with Gasteiger partial charge in [-0.1, -0.05) is 23.7 Å². The van der Waals surface area contributed by atoms with Crippen LogP contribution in [0.1, 0.15) is 39.2 Å². The molecule has 0 aliphatic carbocycles. The number of nitrogens with one attached hydrogen (secondary N) is 1. The van der Waals surface area contributed by atoms with E-state index in [1.54, 1.807) is 4.90 Å². The quantitative estimate of drug-likeness (QED) is 0.884. The minimum atomic E-state index is -0.525. The van der Waals surface area contributed by atoms with Crippen molar-refractivity contribution in [1.29, 1.82) is 0 Å². The van der Waals surface area contributed by atoms with Gasteiger partial charge in [-0.05, 0) is 57.7 Å². The Balaban J connectivity index is 1.80. The molecule has 0 spiro atoms. The van der Waals surface area contributed by atoms with Gasteiger partial charge < -0.3 is 15.0 Å². The second kappa shape index (κ2) is 8.56. The van der Waals surface area contributed by atoms with Crippen molar-refractivity contribution in [2.45, 2.75) is 45.6 Å². The van der Waals surface area contributed by atoms with Crippen molar-refractivity contribution >= 4 is 23.6 Å². The summed E-state index contributed by atoms with van der Waals surface area (Å²) in [6.07, 6.45) is 1.99. The molecule has 1 aromatic rings. The zero-order valence-electron chi connectivity index (χ0n) is 15.2. The average Bonchev–Trinajstić information content (AvgIpc) is 2.53. The summed E-state index contributed by atoms with van der Waals surface area (Å²) in [7, 11) is 0. The molecular weight excluding hydrogens is 340 g/mol. The molecule has 1 aliphatic heterocycles. The summed E-state index contributed by atoms with van der Waals surface area (Å²) in [5, 5.41) is 3.67. The van der Waals surface area contributed by atoms with Crippen molar-refractivity contribution in [2.75, 3.05) is 19.6 Å². The zero-order chi connectivity index (χ0) is 18.4. The topological polar surface area (TPSA) is 58.6 Å². The minimum Gasteiger partial charge on any atom is -0.444 e. The first kappa shape index (κ1) is 19.6. The normalized spacial score (nSPS) is 17.9. The van der Waals surface area contributed by atoms with Crippen molar-refractivity contribution in [3.8, 4) is 0 Å². The van der Waals surface area contributed by atoms with Crippen LogP contribution in [0.4, 0.5) is 4.79 Å². The summed E-state index contributed by atoms with van der Waals surface area (Å²) < 4.78 is 5.40. The van der Waals surface area contributed by atoms with E-state index in [4.69, 9.17) is 16.3 Å². The molecule has 6 heteroatoms. The lowest BCUT2D eigenvalue weighted by Crippen LogP contribution is -2.47. The third kappa shape index (κ3) is 6.58. The van der Waals surface area contributed by atoms with E-state index < -0.39 is 5.60 Å². The number of amides is 2. The highest BCUT2D eigenvalue weighted by Gasteiger charge is 2.30. The monoisotopic (exact) mass is 366 g/mol. The maximum atomic E-state index is 12.4. The first-order chi connectivity index (χ1) is 11.7. The van der Waals surface area contributed by atoms with Crippen LogP contribution in [-0.4, -0.2) is 42.1 Å². The fraction of sp³-hybridized carbons (Fsp3) is 0.579. The van der Waals surface area contributed by atoms with Gasteiger partial charge >= 0.3 is 6.09 Å². The van der Waals surface area contributed by atoms with Crippen LogP contribution in [-0.2, 0) is 16.0 Å². The summed E-state index contributed by atoms with van der Waals surface area (Å²) in [5.74, 6) is -0.184. The second-order valence-corrected chi connectivity index (χ2v) is 7.87. The number of rotatable bonds is 4. The van der Waals surface area contributed by atoms with Crippen molar-refractivity contribution in [3.63, 3.8) is 0 Å². The van der Waals surface area contributed by atoms with Gasteiger partial charge in [0.1, 0.15) is 5.60 Å². The molecule has 138 valence electrons. The minimum absolute atomic E-state index is 0.00436. The molecule has 0 saturated carbocycles. The molecule has 1 atom stereocenters. The number of carbonyl (C=O) groups excluding carboxylic acids is 2. The SMILES string of the molecule is CC(C)(C)OC(=O)N1CCCC(C(=O)NCCc2cccc(Cl)c2)C1. The number of ether oxygens (including phenoxy) is 1. The van der Waals surface area contributed by atoms with E-state index in [-0.39, 0.29) is 17.9 Å². The Morgan fingerprint density at radius 1 is 1.36 bits per heavy atom. The van der Waals surface area contributed by atoms with Crippen LogP contribution >= 0.6 is 11.6 Å². The maximum Gasteiger partial charge on any atom is 0.410 e. The average molecular weight is 367 g/mol. The molecule has 0 bridgehead atoms. The third-order valence-electron chi connectivity index (χ3n) is 4.05. The van der Waals surface area contributed by atoms with Crippen LogP contribution in [0.15, 0.2) is 24.3 Å². The highest BCUT2D eigenvalue weighted by atomic mass is 35.5. The summed E-state index contributed by atoms with van der Waals surface area (Å²) in [6.45, 7) is 7.14. The van der Waals surface area contributed by atoms with Gasteiger partial charge in [-0.25, -0.2) is 4.79 Å². The summed E-state index contributed by atoms with van der Waals surface area (Å²) >= 11 is 5.96. The largest absolute Gasteiger partial charge is 0.444 e. The van der Waals surface area contributed by atoms with Crippen molar-refractivity contribution in [3.05, 3.63) is 34.9 Å². The van der Waals surface area contributed by atoms with E-state index in [1.807, 2.05) is 45.0 Å². The summed E-state index contributed by atoms with van der Waals surface area (Å²) in [4.78, 5) is 26.2. The van der Waals surface area contributed by atoms with E-state index in [1.165, 1.54) is 0 Å². The van der Waals surface area contributed by atoms with Crippen LogP contribution in [0.5, 0.6) is 0 Å². The van der Waals surface area contributed by atoms with E-state index in [9.17, 15) is 9.59 Å². The van der Waals surface area contributed by atoms with Gasteiger partial charge in [0.25, 0.3) is 0 Å². The van der Waals surface area contributed by atoms with Crippen LogP contribution in [0.2, 0.25) is 5.02 Å². The number of nitrogens with zero attached hydrogens (tertiary/aromatic N) is 1. The van der Waals surface area contributed by atoms with Crippen molar-refractivity contribution in [1.82, 2.24) is 10.2 Å². The van der Waals surface area contributed by atoms with Crippen LogP contribution in [0.3, 0.4) is 0 Å². The van der Waals surface area contributed by atoms with Crippen LogP contribution in [0.25, 0.3) is 0 Å². The standard InChI is InChI=1S/C19H27ClN2O3/c1-19(2,3)25-18(24)22-11-5-7-15(13-22)17(23)21-10-9-14-6-4-8-16(20)12-14/h4,6,8,12,15H,5,7,9-11,13H2,1-3H3,(H,21,23). The molecule has 1 fully saturated rings. The zero-order valence-corrected chi connectivity index (χ0v) is 15.9. The van der Waals surface area contributed by atoms with E-state index in [0.29, 0.717) is 24.7 Å². The molecular formula is C19H27ClN2O3. The van der Waals surface area contributed by atoms with Crippen molar-refractivity contribution in [2.24, 2.45) is 5.92 Å². The smallest absolute Gasteiger partial charge is 0.410 e. The summed E-state index contributed by atoms with van der Waals surface area (Å²) in [5.41, 5.74) is 0.565. The molecule has 2 rings (SSSR count). The first-order valence-corrected chi connectivity index (χ1v) is 9.12. The first-order valence-electron chi connectivity index (χ1n) is 8.75. The fourth-order valence-corrected chi connectivity index (χ4v) is 3.06. The third-order valence-corrected chi connectivity index (χ3v) is 4.28. The molecule has 0 aromatic heterocycles. The molecule has 2 amide bonds. The molecule has 5 nitrogen and oxygen atoms in total. The van der Waals surface area contributed by atoms with Gasteiger partial charge in [-0.15, -0.1) is 0 Å². The van der Waals surface area contributed by atoms with Gasteiger partial charge in [0.15, 0.2) is 0 Å². The van der Waals surface area contributed by atoms with Gasteiger partial charge in [0.05, 0.1) is 5.92 Å². The highest BCUT2D eigenvalue weighted by molar-refractivity contribution is 6.30. The Hall–Kier alpha value is -1.75. The highest BCUT2D eigenvalue weighted by Crippen LogP contribution is 2.19. The Labute approximate surface area is 154 Å². The van der Waals surface area contributed by atoms with E-state index in [0.717, 1.165) is 24.8 Å². The summed E-state index contributed by atoms with van der Waals surface area (Å²) in [6, 6.07) is 7.62. The molecule has 0 radical (unpaired) electrons. The van der Waals surface area contributed by atoms with Crippen LogP contribution < -0.4 is 5.32 Å². The molecule has 25 heavy (non-hydrogen) atoms. The molecule has 1 heterocycles. The van der Waals surface area contributed by atoms with E-state index >= 15 is 0 Å². The predicted molar refractivity (Wildman–Crippen MR) is 98.7 cm³/mol. The predicted octanol–water partition coefficient (Wildman–Crippen LogP) is 3.65. The number of hydrogen-bond acceptors (Lipinski definition) is 3. The maximum absolute atomic E-state index is 12.4. The Bertz CT molecular complexity index is 613. The molecule has 1 aromatic carbocycles. The Kier molecular flexibility index (Phi) is 6.71. The van der Waals surface area contributed by atoms with Gasteiger partial charge in [-0.3, -0.25) is 4.79 Å². The number of likely N-dealkylation sites (tertiary alicyclic amines) is 1. The number of carbonyl (C=O) groups is 2. The van der Waals surface area contributed by atoms with Crippen molar-refractivity contribution < 1.29 is 14.3 Å². The molecule has 1 saturated heterocycles. The molecule has 1 aliphatic rings. The lowest BCUT2D eigenvalue weighted by atomic mass is 9.97.